The van der Waals surface area contributed by atoms with Crippen LogP contribution in [0.1, 0.15) is 0 Å². The van der Waals surface area contributed by atoms with Crippen molar-refractivity contribution in [2.45, 2.75) is 6.04 Å². The standard InChI is InChI=1S/C9H10N2O3/c1-10(2)9-4-3-8(11(13)14)5-7(9)6-12/h3-5,9H,1-2H3. The van der Waals surface area contributed by atoms with Crippen LogP contribution in [0.25, 0.3) is 0 Å². The Bertz CT molecular complexity index is 362. The van der Waals surface area contributed by atoms with Crippen LogP contribution in [0.3, 0.4) is 0 Å². The summed E-state index contributed by atoms with van der Waals surface area (Å²) in [5.74, 6) is 1.71. The first-order valence-electron chi connectivity index (χ1n) is 4.02. The third-order valence-electron chi connectivity index (χ3n) is 1.96. The molecule has 74 valence electrons. The molecular formula is C9H10N2O3. The number of allylic oxidation sites excluding steroid dienone is 1. The van der Waals surface area contributed by atoms with Crippen LogP contribution in [-0.4, -0.2) is 35.9 Å². The van der Waals surface area contributed by atoms with Crippen LogP contribution in [0, 0.1) is 10.1 Å². The molecule has 1 unspecified atom stereocenters. The summed E-state index contributed by atoms with van der Waals surface area (Å²) in [5.41, 5.74) is 0.200. The molecule has 0 spiro atoms. The smallest absolute Gasteiger partial charge is 0.270 e. The Balaban J connectivity index is 3.03. The van der Waals surface area contributed by atoms with Gasteiger partial charge >= 0.3 is 0 Å². The summed E-state index contributed by atoms with van der Waals surface area (Å²) in [6.07, 6.45) is 4.25. The van der Waals surface area contributed by atoms with Gasteiger partial charge in [0.2, 0.25) is 0 Å². The second-order valence-electron chi connectivity index (χ2n) is 3.15. The molecule has 0 amide bonds. The lowest BCUT2D eigenvalue weighted by atomic mass is 10.0. The van der Waals surface area contributed by atoms with Crippen molar-refractivity contribution in [2.75, 3.05) is 14.1 Å². The first kappa shape index (κ1) is 10.4. The molecular weight excluding hydrogens is 184 g/mol. The molecule has 1 atom stereocenters. The van der Waals surface area contributed by atoms with Crippen molar-refractivity contribution in [3.63, 3.8) is 0 Å². The number of hydrogen-bond acceptors (Lipinski definition) is 4. The Hall–Kier alpha value is -1.71. The predicted molar refractivity (Wildman–Crippen MR) is 50.9 cm³/mol. The van der Waals surface area contributed by atoms with Gasteiger partial charge in [-0.1, -0.05) is 6.08 Å². The lowest BCUT2D eigenvalue weighted by Gasteiger charge is -2.21. The van der Waals surface area contributed by atoms with Gasteiger partial charge in [0.05, 0.1) is 16.5 Å². The number of nitrogens with zero attached hydrogens (tertiary/aromatic N) is 2. The van der Waals surface area contributed by atoms with Gasteiger partial charge < -0.3 is 0 Å². The van der Waals surface area contributed by atoms with E-state index in [1.54, 1.807) is 31.0 Å². The molecule has 1 aliphatic rings. The van der Waals surface area contributed by atoms with Crippen LogP contribution >= 0.6 is 0 Å². The fourth-order valence-electron chi connectivity index (χ4n) is 1.24. The van der Waals surface area contributed by atoms with E-state index in [2.05, 4.69) is 0 Å². The number of carbonyl (C=O) groups excluding carboxylic acids is 1. The Morgan fingerprint density at radius 1 is 1.57 bits per heavy atom. The third-order valence-corrected chi connectivity index (χ3v) is 1.96. The van der Waals surface area contributed by atoms with E-state index in [9.17, 15) is 14.9 Å². The minimum Gasteiger partial charge on any atom is -0.298 e. The fraction of sp³-hybridized carbons (Fsp3) is 0.333. The molecule has 0 N–H and O–H groups in total. The zero-order chi connectivity index (χ0) is 10.7. The topological polar surface area (TPSA) is 63.4 Å². The zero-order valence-corrected chi connectivity index (χ0v) is 7.93. The molecule has 0 heterocycles. The second kappa shape index (κ2) is 4.00. The molecule has 0 radical (unpaired) electrons. The highest BCUT2D eigenvalue weighted by molar-refractivity contribution is 5.62. The van der Waals surface area contributed by atoms with Crippen LogP contribution in [0.5, 0.6) is 0 Å². The van der Waals surface area contributed by atoms with E-state index in [1.807, 2.05) is 0 Å². The van der Waals surface area contributed by atoms with Crippen molar-refractivity contribution >= 4 is 5.94 Å². The molecule has 1 aliphatic carbocycles. The molecule has 0 saturated heterocycles. The minimum absolute atomic E-state index is 0.0820. The highest BCUT2D eigenvalue weighted by Crippen LogP contribution is 2.17. The van der Waals surface area contributed by atoms with Gasteiger partial charge in [-0.25, -0.2) is 4.79 Å². The maximum Gasteiger partial charge on any atom is 0.270 e. The van der Waals surface area contributed by atoms with E-state index < -0.39 is 4.92 Å². The monoisotopic (exact) mass is 194 g/mol. The Kier molecular flexibility index (Phi) is 2.96. The van der Waals surface area contributed by atoms with Crippen molar-refractivity contribution in [1.82, 2.24) is 4.90 Å². The largest absolute Gasteiger partial charge is 0.298 e. The first-order chi connectivity index (χ1) is 6.56. The van der Waals surface area contributed by atoms with Gasteiger partial charge in [0.1, 0.15) is 5.94 Å². The minimum atomic E-state index is -0.528. The number of rotatable bonds is 2. The van der Waals surface area contributed by atoms with Gasteiger partial charge in [0.15, 0.2) is 0 Å². The second-order valence-corrected chi connectivity index (χ2v) is 3.15. The van der Waals surface area contributed by atoms with Gasteiger partial charge in [-0.2, -0.15) is 0 Å². The van der Waals surface area contributed by atoms with Crippen molar-refractivity contribution in [2.24, 2.45) is 0 Å². The molecule has 0 aromatic heterocycles. The average molecular weight is 194 g/mol. The Labute approximate surface area is 81.2 Å². The fourth-order valence-corrected chi connectivity index (χ4v) is 1.24. The summed E-state index contributed by atoms with van der Waals surface area (Å²) in [7, 11) is 3.58. The summed E-state index contributed by atoms with van der Waals surface area (Å²) in [4.78, 5) is 22.2. The summed E-state index contributed by atoms with van der Waals surface area (Å²) in [5, 5.41) is 10.4. The molecule has 0 bridgehead atoms. The number of hydrogen-bond donors (Lipinski definition) is 0. The van der Waals surface area contributed by atoms with Crippen LogP contribution in [0.2, 0.25) is 0 Å². The highest BCUT2D eigenvalue weighted by atomic mass is 16.6. The molecule has 0 aromatic carbocycles. The summed E-state index contributed by atoms with van der Waals surface area (Å²) in [6, 6.07) is -0.226. The quantitative estimate of drug-likeness (QED) is 0.362. The molecule has 0 aromatic rings. The van der Waals surface area contributed by atoms with Crippen molar-refractivity contribution in [1.29, 1.82) is 0 Å². The molecule has 0 aliphatic heterocycles. The zero-order valence-electron chi connectivity index (χ0n) is 7.93. The van der Waals surface area contributed by atoms with E-state index in [0.29, 0.717) is 0 Å². The molecule has 0 fully saturated rings. The SMILES string of the molecule is CN(C)C1C=CC([N+](=O)[O-])=CC1=C=O. The molecule has 1 rings (SSSR count). The first-order valence-corrected chi connectivity index (χ1v) is 4.02. The van der Waals surface area contributed by atoms with Gasteiger partial charge in [-0.3, -0.25) is 15.0 Å². The normalized spacial score (nSPS) is 20.6. The van der Waals surface area contributed by atoms with E-state index in [0.717, 1.165) is 0 Å². The van der Waals surface area contributed by atoms with E-state index >= 15 is 0 Å². The van der Waals surface area contributed by atoms with Crippen molar-refractivity contribution in [3.05, 3.63) is 39.6 Å². The number of nitro groups is 1. The van der Waals surface area contributed by atoms with Gasteiger partial charge in [-0.05, 0) is 14.1 Å². The Morgan fingerprint density at radius 2 is 2.21 bits per heavy atom. The van der Waals surface area contributed by atoms with E-state index in [-0.39, 0.29) is 17.3 Å². The van der Waals surface area contributed by atoms with Crippen LogP contribution in [-0.2, 0) is 4.79 Å². The number of likely N-dealkylation sites (N-methyl/N-ethyl adjacent to an activating group) is 1. The molecule has 14 heavy (non-hydrogen) atoms. The van der Waals surface area contributed by atoms with Gasteiger partial charge in [-0.15, -0.1) is 0 Å². The van der Waals surface area contributed by atoms with Crippen molar-refractivity contribution in [3.8, 4) is 0 Å². The van der Waals surface area contributed by atoms with Crippen LogP contribution in [0.4, 0.5) is 0 Å². The average Bonchev–Trinajstić information content (AvgIpc) is 2.16. The van der Waals surface area contributed by atoms with Gasteiger partial charge in [0.25, 0.3) is 5.70 Å². The predicted octanol–water partition coefficient (Wildman–Crippen LogP) is 0.405. The molecule has 0 saturated carbocycles. The van der Waals surface area contributed by atoms with Crippen LogP contribution in [0.15, 0.2) is 29.5 Å². The lowest BCUT2D eigenvalue weighted by molar-refractivity contribution is -0.419. The highest BCUT2D eigenvalue weighted by Gasteiger charge is 2.21. The summed E-state index contributed by atoms with van der Waals surface area (Å²) >= 11 is 0. The summed E-state index contributed by atoms with van der Waals surface area (Å²) < 4.78 is 0. The molecule has 5 nitrogen and oxygen atoms in total. The van der Waals surface area contributed by atoms with Crippen LogP contribution < -0.4 is 0 Å². The molecule has 5 heteroatoms. The maximum absolute atomic E-state index is 10.6. The van der Waals surface area contributed by atoms with Gasteiger partial charge in [0, 0.05) is 12.2 Å². The third kappa shape index (κ3) is 1.96. The van der Waals surface area contributed by atoms with E-state index in [1.165, 1.54) is 12.2 Å². The van der Waals surface area contributed by atoms with E-state index in [4.69, 9.17) is 0 Å². The Morgan fingerprint density at radius 3 is 2.64 bits per heavy atom. The lowest BCUT2D eigenvalue weighted by Crippen LogP contribution is -2.29. The maximum atomic E-state index is 10.6. The van der Waals surface area contributed by atoms with Crippen molar-refractivity contribution < 1.29 is 9.72 Å². The summed E-state index contributed by atoms with van der Waals surface area (Å²) in [6.45, 7) is 0.